The normalized spacial score (nSPS) is 12.3. The molecule has 0 amide bonds. The Hall–Kier alpha value is -1.90. The molecule has 0 aromatic heterocycles. The summed E-state index contributed by atoms with van der Waals surface area (Å²) in [6.07, 6.45) is 2.11. The van der Waals surface area contributed by atoms with E-state index in [-0.39, 0.29) is 22.8 Å². The van der Waals surface area contributed by atoms with E-state index in [2.05, 4.69) is 112 Å². The van der Waals surface area contributed by atoms with Crippen LogP contribution in [0, 0.1) is 0 Å². The zero-order valence-corrected chi connectivity index (χ0v) is 27.3. The summed E-state index contributed by atoms with van der Waals surface area (Å²) in [5.41, 5.74) is 8.70. The molecule has 0 aliphatic rings. The molecule has 2 aromatic rings. The van der Waals surface area contributed by atoms with Crippen LogP contribution in [-0.2, 0) is 0 Å². The van der Waals surface area contributed by atoms with Gasteiger partial charge in [-0.2, -0.15) is 5.70 Å². The number of hydrogen-bond acceptors (Lipinski definition) is 3. The van der Waals surface area contributed by atoms with E-state index in [0.717, 1.165) is 22.8 Å². The summed E-state index contributed by atoms with van der Waals surface area (Å²) in [7, 11) is 0. The first kappa shape index (κ1) is 38.3. The van der Waals surface area contributed by atoms with E-state index in [9.17, 15) is 5.11 Å². The number of rotatable bonds is 8. The molecule has 0 radical (unpaired) electrons. The Balaban J connectivity index is 0. The van der Waals surface area contributed by atoms with Gasteiger partial charge in [-0.25, -0.2) is 0 Å². The molecule has 38 heavy (non-hydrogen) atoms. The van der Waals surface area contributed by atoms with Crippen LogP contribution in [0.1, 0.15) is 136 Å². The predicted molar refractivity (Wildman–Crippen MR) is 166 cm³/mol. The Labute approximate surface area is 244 Å². The largest absolute Gasteiger partial charge is 3.00 e. The summed E-state index contributed by atoms with van der Waals surface area (Å²) in [4.78, 5) is 5.08. The minimum Gasteiger partial charge on any atom is -0.870 e. The van der Waals surface area contributed by atoms with Crippen molar-refractivity contribution in [2.45, 2.75) is 119 Å². The molecule has 0 aliphatic carbocycles. The summed E-state index contributed by atoms with van der Waals surface area (Å²) in [5.74, 6) is 1.75. The standard InChI is InChI=1S/C29H41N2.C4H9O.Al.H2O/c1-18(2)24-13-11-14-25(19(3)4)28(24)30-22(9)17-23(10)31-29-26(20(5)6)15-12-16-27(29)21(7)8;1-4(2,3)5;;/h11-21H,1-10H3;1-3H3;;1H2/q2*-1;+3;/p-1/b22-17+,31-23?;;;. The average Bonchev–Trinajstić information content (AvgIpc) is 2.71. The van der Waals surface area contributed by atoms with Crippen LogP contribution < -0.4 is 5.11 Å². The maximum atomic E-state index is 10.1. The Morgan fingerprint density at radius 2 is 1.05 bits per heavy atom. The Morgan fingerprint density at radius 3 is 1.37 bits per heavy atom. The van der Waals surface area contributed by atoms with E-state index < -0.39 is 5.60 Å². The van der Waals surface area contributed by atoms with E-state index in [0.29, 0.717) is 23.7 Å². The smallest absolute Gasteiger partial charge is 0.870 e. The Kier molecular flexibility index (Phi) is 17.0. The molecule has 0 aliphatic heterocycles. The fraction of sp³-hybridized carbons (Fsp3) is 0.545. The number of benzene rings is 2. The summed E-state index contributed by atoms with van der Waals surface area (Å²) in [5, 5.41) is 15.2. The first-order valence-corrected chi connectivity index (χ1v) is 13.4. The monoisotopic (exact) mass is 534 g/mol. The van der Waals surface area contributed by atoms with Crippen LogP contribution >= 0.6 is 0 Å². The predicted octanol–water partition coefficient (Wildman–Crippen LogP) is 9.47. The molecule has 2 aromatic carbocycles. The van der Waals surface area contributed by atoms with Gasteiger partial charge in [-0.15, -0.1) is 11.3 Å². The van der Waals surface area contributed by atoms with E-state index >= 15 is 0 Å². The van der Waals surface area contributed by atoms with Crippen LogP contribution in [0.15, 0.2) is 53.2 Å². The van der Waals surface area contributed by atoms with Gasteiger partial charge in [-0.1, -0.05) is 137 Å². The van der Waals surface area contributed by atoms with Crippen molar-refractivity contribution in [1.82, 2.24) is 0 Å². The summed E-state index contributed by atoms with van der Waals surface area (Å²) in [6, 6.07) is 13.1. The van der Waals surface area contributed by atoms with Crippen LogP contribution in [0.5, 0.6) is 0 Å². The third-order valence-corrected chi connectivity index (χ3v) is 5.68. The minimum absolute atomic E-state index is 0. The molecule has 208 valence electrons. The van der Waals surface area contributed by atoms with E-state index in [1.807, 2.05) is 0 Å². The van der Waals surface area contributed by atoms with Gasteiger partial charge in [0.25, 0.3) is 0 Å². The SMILES string of the molecule is CC(/C=C(\C)[N-]c1c(C(C)C)cccc1C(C)C)=Nc1c(C(C)C)cccc1C(C)C.CC(C)(C)[O-].[Al+3].[OH-]. The molecule has 0 fully saturated rings. The maximum Gasteiger partial charge on any atom is 3.00 e. The molecule has 4 nitrogen and oxygen atoms in total. The van der Waals surface area contributed by atoms with Crippen molar-refractivity contribution in [3.05, 3.63) is 75.7 Å². The van der Waals surface area contributed by atoms with Gasteiger partial charge < -0.3 is 15.9 Å². The Morgan fingerprint density at radius 1 is 0.737 bits per heavy atom. The number of hydrogen-bond donors (Lipinski definition) is 0. The van der Waals surface area contributed by atoms with Gasteiger partial charge in [0.05, 0.1) is 5.69 Å². The van der Waals surface area contributed by atoms with Gasteiger partial charge in [-0.3, -0.25) is 4.99 Å². The molecule has 0 spiro atoms. The van der Waals surface area contributed by atoms with Gasteiger partial charge in [-0.05, 0) is 41.7 Å². The topological polar surface area (TPSA) is 79.5 Å². The number of aliphatic imine (C=N–C) groups is 1. The van der Waals surface area contributed by atoms with Gasteiger partial charge in [0, 0.05) is 5.71 Å². The van der Waals surface area contributed by atoms with Crippen molar-refractivity contribution >= 4 is 34.4 Å². The second-order valence-electron chi connectivity index (χ2n) is 12.0. The number of allylic oxidation sites excluding steroid dienone is 2. The van der Waals surface area contributed by atoms with Crippen molar-refractivity contribution in [3.8, 4) is 0 Å². The van der Waals surface area contributed by atoms with Crippen LogP contribution in [0.3, 0.4) is 0 Å². The summed E-state index contributed by atoms with van der Waals surface area (Å²) in [6.45, 7) is 27.0. The molecule has 0 bridgehead atoms. The third kappa shape index (κ3) is 12.8. The van der Waals surface area contributed by atoms with E-state index in [1.165, 1.54) is 22.3 Å². The molecule has 1 N–H and O–H groups in total. The van der Waals surface area contributed by atoms with Crippen LogP contribution in [0.25, 0.3) is 5.32 Å². The summed E-state index contributed by atoms with van der Waals surface area (Å²) >= 11 is 0. The molecule has 0 unspecified atom stereocenters. The van der Waals surface area contributed by atoms with Crippen LogP contribution in [-0.4, -0.2) is 34.1 Å². The van der Waals surface area contributed by atoms with Crippen molar-refractivity contribution in [2.75, 3.05) is 0 Å². The van der Waals surface area contributed by atoms with Crippen molar-refractivity contribution in [2.24, 2.45) is 4.99 Å². The fourth-order valence-electron chi connectivity index (χ4n) is 4.00. The van der Waals surface area contributed by atoms with Crippen LogP contribution in [0.2, 0.25) is 0 Å². The van der Waals surface area contributed by atoms with Crippen molar-refractivity contribution in [3.63, 3.8) is 0 Å². The van der Waals surface area contributed by atoms with E-state index in [1.54, 1.807) is 20.8 Å². The molecule has 5 heteroatoms. The quantitative estimate of drug-likeness (QED) is 0.250. The third-order valence-electron chi connectivity index (χ3n) is 5.68. The first-order valence-electron chi connectivity index (χ1n) is 13.4. The first-order chi connectivity index (χ1) is 16.5. The number of nitrogens with zero attached hydrogens (tertiary/aromatic N) is 2. The molecule has 0 heterocycles. The number of para-hydroxylation sites is 2. The average molecular weight is 535 g/mol. The van der Waals surface area contributed by atoms with Gasteiger partial charge in [0.1, 0.15) is 0 Å². The van der Waals surface area contributed by atoms with E-state index in [4.69, 9.17) is 10.3 Å². The van der Waals surface area contributed by atoms with Gasteiger partial charge in [0.2, 0.25) is 0 Å². The molecular formula is C33H51AlN2O2. The fourth-order valence-corrected chi connectivity index (χ4v) is 4.00. The minimum atomic E-state index is -0.750. The van der Waals surface area contributed by atoms with Gasteiger partial charge in [0.15, 0.2) is 0 Å². The molecule has 0 saturated carbocycles. The zero-order valence-electron chi connectivity index (χ0n) is 26.2. The van der Waals surface area contributed by atoms with Gasteiger partial charge >= 0.3 is 17.4 Å². The zero-order chi connectivity index (χ0) is 27.8. The maximum absolute atomic E-state index is 10.1. The molecular weight excluding hydrogens is 483 g/mol. The van der Waals surface area contributed by atoms with Crippen LogP contribution in [0.4, 0.5) is 11.4 Å². The molecule has 2 rings (SSSR count). The van der Waals surface area contributed by atoms with Crippen molar-refractivity contribution < 1.29 is 10.6 Å². The molecule has 0 saturated heterocycles. The molecule has 0 atom stereocenters. The second-order valence-corrected chi connectivity index (χ2v) is 12.0. The summed E-state index contributed by atoms with van der Waals surface area (Å²) < 4.78 is 0. The second kappa shape index (κ2) is 16.9. The van der Waals surface area contributed by atoms with Crippen molar-refractivity contribution in [1.29, 1.82) is 0 Å². The Bertz CT molecular complexity index is 987.